The molecule has 21 heavy (non-hydrogen) atoms. The maximum atomic E-state index is 10.5. The number of anilines is 1. The highest BCUT2D eigenvalue weighted by Gasteiger charge is 2.34. The topological polar surface area (TPSA) is 64.5 Å². The van der Waals surface area contributed by atoms with Gasteiger partial charge in [0.2, 0.25) is 0 Å². The van der Waals surface area contributed by atoms with Crippen LogP contribution in [0.4, 0.5) is 5.82 Å². The van der Waals surface area contributed by atoms with E-state index in [1.807, 2.05) is 0 Å². The van der Waals surface area contributed by atoms with Gasteiger partial charge >= 0.3 is 0 Å². The van der Waals surface area contributed by atoms with Crippen LogP contribution in [0.1, 0.15) is 19.0 Å². The molecule has 2 aliphatic heterocycles. The van der Waals surface area contributed by atoms with Crippen LogP contribution in [0.3, 0.4) is 0 Å². The highest BCUT2D eigenvalue weighted by Crippen LogP contribution is 2.19. The predicted molar refractivity (Wildman–Crippen MR) is 82.5 cm³/mol. The lowest BCUT2D eigenvalue weighted by Crippen LogP contribution is -2.52. The van der Waals surface area contributed by atoms with Crippen molar-refractivity contribution >= 4 is 5.82 Å². The van der Waals surface area contributed by atoms with E-state index in [-0.39, 0.29) is 0 Å². The Morgan fingerprint density at radius 3 is 2.76 bits per heavy atom. The molecule has 1 aromatic rings. The molecule has 1 atom stereocenters. The van der Waals surface area contributed by atoms with Crippen LogP contribution in [-0.4, -0.2) is 71.4 Å². The first-order chi connectivity index (χ1) is 10.2. The number of piperazine rings is 1. The second-order valence-electron chi connectivity index (χ2n) is 6.14. The number of nitrogens with one attached hydrogen (secondary N) is 1. The number of hydrogen-bond donors (Lipinski definition) is 2. The lowest BCUT2D eigenvalue weighted by atomic mass is 10.0. The SMILES string of the molecule is CCc1cc(N2CCN(C[C@]3(O)CCNC3)CC2)ncn1. The number of nitrogens with zero attached hydrogens (tertiary/aromatic N) is 4. The average molecular weight is 291 g/mol. The van der Waals surface area contributed by atoms with Gasteiger partial charge in [0.15, 0.2) is 0 Å². The predicted octanol–water partition coefficient (Wildman–Crippen LogP) is -0.115. The largest absolute Gasteiger partial charge is 0.387 e. The molecule has 0 radical (unpaired) electrons. The summed E-state index contributed by atoms with van der Waals surface area (Å²) in [4.78, 5) is 13.3. The summed E-state index contributed by atoms with van der Waals surface area (Å²) < 4.78 is 0. The third-order valence-corrected chi connectivity index (χ3v) is 4.51. The molecule has 2 saturated heterocycles. The van der Waals surface area contributed by atoms with Gasteiger partial charge in [-0.25, -0.2) is 9.97 Å². The van der Waals surface area contributed by atoms with Crippen molar-refractivity contribution in [3.8, 4) is 0 Å². The molecule has 3 heterocycles. The van der Waals surface area contributed by atoms with Crippen molar-refractivity contribution in [3.63, 3.8) is 0 Å². The van der Waals surface area contributed by atoms with Gasteiger partial charge in [-0.1, -0.05) is 6.92 Å². The molecule has 0 aromatic carbocycles. The van der Waals surface area contributed by atoms with Gasteiger partial charge in [0.25, 0.3) is 0 Å². The second kappa shape index (κ2) is 6.25. The molecule has 0 unspecified atom stereocenters. The summed E-state index contributed by atoms with van der Waals surface area (Å²) in [5.41, 5.74) is 0.556. The van der Waals surface area contributed by atoms with Crippen LogP contribution in [0.2, 0.25) is 0 Å². The van der Waals surface area contributed by atoms with Gasteiger partial charge in [0.05, 0.1) is 5.60 Å². The Hall–Kier alpha value is -1.24. The van der Waals surface area contributed by atoms with E-state index in [9.17, 15) is 5.11 Å². The summed E-state index contributed by atoms with van der Waals surface area (Å²) >= 11 is 0. The zero-order valence-electron chi connectivity index (χ0n) is 12.8. The van der Waals surface area contributed by atoms with Gasteiger partial charge in [0.1, 0.15) is 12.1 Å². The van der Waals surface area contributed by atoms with Crippen molar-refractivity contribution < 1.29 is 5.11 Å². The van der Waals surface area contributed by atoms with E-state index < -0.39 is 5.60 Å². The van der Waals surface area contributed by atoms with Gasteiger partial charge in [-0.3, -0.25) is 4.90 Å². The summed E-state index contributed by atoms with van der Waals surface area (Å²) in [5.74, 6) is 1.03. The molecule has 2 aliphatic rings. The molecule has 6 nitrogen and oxygen atoms in total. The minimum atomic E-state index is -0.535. The molecule has 2 N–H and O–H groups in total. The van der Waals surface area contributed by atoms with Crippen LogP contribution in [0.15, 0.2) is 12.4 Å². The average Bonchev–Trinajstić information content (AvgIpc) is 2.94. The highest BCUT2D eigenvalue weighted by molar-refractivity contribution is 5.39. The first-order valence-electron chi connectivity index (χ1n) is 7.90. The molecule has 0 aliphatic carbocycles. The van der Waals surface area contributed by atoms with E-state index in [0.29, 0.717) is 0 Å². The summed E-state index contributed by atoms with van der Waals surface area (Å²) in [6.45, 7) is 8.42. The van der Waals surface area contributed by atoms with E-state index in [1.54, 1.807) is 6.33 Å². The fourth-order valence-electron chi connectivity index (χ4n) is 3.17. The van der Waals surface area contributed by atoms with E-state index in [4.69, 9.17) is 0 Å². The lowest BCUT2D eigenvalue weighted by molar-refractivity contribution is 0.0193. The van der Waals surface area contributed by atoms with E-state index in [2.05, 4.69) is 38.1 Å². The Bertz CT molecular complexity index is 467. The Labute approximate surface area is 126 Å². The van der Waals surface area contributed by atoms with E-state index in [1.165, 1.54) is 0 Å². The molecule has 1 aromatic heterocycles. The Morgan fingerprint density at radius 2 is 2.10 bits per heavy atom. The number of hydrogen-bond acceptors (Lipinski definition) is 6. The number of aromatic nitrogens is 2. The van der Waals surface area contributed by atoms with Crippen LogP contribution < -0.4 is 10.2 Å². The molecule has 2 fully saturated rings. The van der Waals surface area contributed by atoms with Crippen molar-refractivity contribution in [1.29, 1.82) is 0 Å². The van der Waals surface area contributed by atoms with Crippen molar-refractivity contribution in [3.05, 3.63) is 18.1 Å². The standard InChI is InChI=1S/C15H25N5O/c1-2-13-9-14(18-12-17-13)20-7-5-19(6-8-20)11-15(21)3-4-16-10-15/h9,12,16,21H,2-8,10-11H2,1H3/t15-/m0/s1. The summed E-state index contributed by atoms with van der Waals surface area (Å²) in [6.07, 6.45) is 3.46. The molecular formula is C15H25N5O. The van der Waals surface area contributed by atoms with Crippen LogP contribution in [0, 0.1) is 0 Å². The molecule has 116 valence electrons. The maximum Gasteiger partial charge on any atom is 0.132 e. The zero-order valence-corrected chi connectivity index (χ0v) is 12.8. The smallest absolute Gasteiger partial charge is 0.132 e. The minimum absolute atomic E-state index is 0.535. The van der Waals surface area contributed by atoms with E-state index in [0.717, 1.165) is 70.2 Å². The molecule has 3 rings (SSSR count). The first kappa shape index (κ1) is 14.7. The first-order valence-corrected chi connectivity index (χ1v) is 7.90. The summed E-state index contributed by atoms with van der Waals surface area (Å²) in [6, 6.07) is 2.09. The van der Waals surface area contributed by atoms with Gasteiger partial charge in [-0.15, -0.1) is 0 Å². The third kappa shape index (κ3) is 3.51. The van der Waals surface area contributed by atoms with Crippen molar-refractivity contribution in [1.82, 2.24) is 20.2 Å². The van der Waals surface area contributed by atoms with Crippen LogP contribution in [0.5, 0.6) is 0 Å². The third-order valence-electron chi connectivity index (χ3n) is 4.51. The van der Waals surface area contributed by atoms with Gasteiger partial charge in [-0.2, -0.15) is 0 Å². The molecule has 0 amide bonds. The maximum absolute atomic E-state index is 10.5. The van der Waals surface area contributed by atoms with Crippen molar-refractivity contribution in [2.75, 3.05) is 50.7 Å². The van der Waals surface area contributed by atoms with Crippen LogP contribution in [-0.2, 0) is 6.42 Å². The van der Waals surface area contributed by atoms with Gasteiger partial charge in [-0.05, 0) is 19.4 Å². The zero-order chi connectivity index (χ0) is 14.7. The van der Waals surface area contributed by atoms with Gasteiger partial charge in [0, 0.05) is 51.0 Å². The molecular weight excluding hydrogens is 266 g/mol. The number of rotatable bonds is 4. The normalized spacial score (nSPS) is 27.2. The Balaban J connectivity index is 1.54. The summed E-state index contributed by atoms with van der Waals surface area (Å²) in [7, 11) is 0. The number of aryl methyl sites for hydroxylation is 1. The molecule has 0 bridgehead atoms. The Kier molecular flexibility index (Phi) is 4.37. The monoisotopic (exact) mass is 291 g/mol. The van der Waals surface area contributed by atoms with Crippen LogP contribution >= 0.6 is 0 Å². The molecule has 0 saturated carbocycles. The highest BCUT2D eigenvalue weighted by atomic mass is 16.3. The van der Waals surface area contributed by atoms with Gasteiger partial charge < -0.3 is 15.3 Å². The van der Waals surface area contributed by atoms with Crippen molar-refractivity contribution in [2.24, 2.45) is 0 Å². The quantitative estimate of drug-likeness (QED) is 0.807. The number of aliphatic hydroxyl groups is 1. The fraction of sp³-hybridized carbons (Fsp3) is 0.733. The molecule has 6 heteroatoms. The lowest BCUT2D eigenvalue weighted by Gasteiger charge is -2.38. The number of β-amino-alcohol motifs (C(OH)–C–C–N with tert-alkyl or cyclic N) is 1. The molecule has 0 spiro atoms. The van der Waals surface area contributed by atoms with E-state index >= 15 is 0 Å². The fourth-order valence-corrected chi connectivity index (χ4v) is 3.17. The van der Waals surface area contributed by atoms with Crippen molar-refractivity contribution in [2.45, 2.75) is 25.4 Å². The van der Waals surface area contributed by atoms with Crippen LogP contribution in [0.25, 0.3) is 0 Å². The Morgan fingerprint density at radius 1 is 1.29 bits per heavy atom. The second-order valence-corrected chi connectivity index (χ2v) is 6.14. The minimum Gasteiger partial charge on any atom is -0.387 e. The summed E-state index contributed by atoms with van der Waals surface area (Å²) in [5, 5.41) is 13.7.